The summed E-state index contributed by atoms with van der Waals surface area (Å²) in [6.45, 7) is 1.70. The Bertz CT molecular complexity index is 675. The third-order valence-electron chi connectivity index (χ3n) is 3.36. The molecule has 0 bridgehead atoms. The van der Waals surface area contributed by atoms with Crippen molar-refractivity contribution in [3.8, 4) is 0 Å². The van der Waals surface area contributed by atoms with Gasteiger partial charge in [0.15, 0.2) is 0 Å². The summed E-state index contributed by atoms with van der Waals surface area (Å²) in [6.07, 6.45) is -0.823. The molecule has 106 valence electrons. The van der Waals surface area contributed by atoms with Gasteiger partial charge in [0.25, 0.3) is 0 Å². The lowest BCUT2D eigenvalue weighted by Crippen LogP contribution is -2.33. The van der Waals surface area contributed by atoms with Crippen molar-refractivity contribution in [2.75, 3.05) is 7.11 Å². The number of nitrogens with two attached hydrogens (primary N) is 1. The molecule has 6 nitrogen and oxygen atoms in total. The van der Waals surface area contributed by atoms with Crippen molar-refractivity contribution in [1.82, 2.24) is 4.57 Å². The number of methoxy groups -OCH3 is 1. The van der Waals surface area contributed by atoms with Crippen LogP contribution in [0.3, 0.4) is 0 Å². The lowest BCUT2D eigenvalue weighted by atomic mass is 10.0. The predicted molar refractivity (Wildman–Crippen MR) is 73.8 cm³/mol. The molecule has 0 aliphatic heterocycles. The molecule has 2 rings (SSSR count). The number of fused-ring (bicyclic) bond motifs is 1. The smallest absolute Gasteiger partial charge is 0.416 e. The Hall–Kier alpha value is -2.34. The van der Waals surface area contributed by atoms with Gasteiger partial charge in [-0.1, -0.05) is 18.2 Å². The van der Waals surface area contributed by atoms with E-state index in [2.05, 4.69) is 4.74 Å². The number of aromatic nitrogens is 1. The third kappa shape index (κ3) is 2.25. The first kappa shape index (κ1) is 14.1. The molecule has 0 aliphatic carbocycles. The highest BCUT2D eigenvalue weighted by Gasteiger charge is 2.22. The van der Waals surface area contributed by atoms with Crippen LogP contribution in [0.15, 0.2) is 24.3 Å². The lowest BCUT2D eigenvalue weighted by molar-refractivity contribution is -0.142. The molecule has 0 amide bonds. The van der Waals surface area contributed by atoms with Crippen molar-refractivity contribution in [1.29, 1.82) is 0 Å². The maximum Gasteiger partial charge on any atom is 0.416 e. The lowest BCUT2D eigenvalue weighted by Gasteiger charge is -2.09. The highest BCUT2D eigenvalue weighted by Crippen LogP contribution is 2.26. The summed E-state index contributed by atoms with van der Waals surface area (Å²) in [4.78, 5) is 22.8. The second-order valence-corrected chi connectivity index (χ2v) is 4.53. The highest BCUT2D eigenvalue weighted by molar-refractivity contribution is 5.93. The van der Waals surface area contributed by atoms with E-state index in [1.165, 1.54) is 11.7 Å². The van der Waals surface area contributed by atoms with Crippen molar-refractivity contribution in [3.05, 3.63) is 35.5 Å². The Morgan fingerprint density at radius 2 is 2.05 bits per heavy atom. The molecule has 0 spiro atoms. The fourth-order valence-electron chi connectivity index (χ4n) is 2.39. The van der Waals surface area contributed by atoms with Gasteiger partial charge in [0.05, 0.1) is 12.6 Å². The van der Waals surface area contributed by atoms with Gasteiger partial charge in [0.2, 0.25) is 0 Å². The van der Waals surface area contributed by atoms with E-state index in [0.29, 0.717) is 11.2 Å². The average Bonchev–Trinajstić information content (AvgIpc) is 2.70. The third-order valence-corrected chi connectivity index (χ3v) is 3.36. The number of para-hydroxylation sites is 1. The SMILES string of the molecule is COC(=O)C(N)Cc1c(C)n(C(=O)O)c2ccccc12. The van der Waals surface area contributed by atoms with Gasteiger partial charge in [-0.3, -0.25) is 4.79 Å². The number of carbonyl (C=O) groups is 2. The van der Waals surface area contributed by atoms with Gasteiger partial charge < -0.3 is 15.6 Å². The van der Waals surface area contributed by atoms with Gasteiger partial charge in [-0.2, -0.15) is 0 Å². The molecule has 2 aromatic rings. The minimum Gasteiger partial charge on any atom is -0.468 e. The van der Waals surface area contributed by atoms with Crippen LogP contribution < -0.4 is 5.73 Å². The van der Waals surface area contributed by atoms with Gasteiger partial charge in [0, 0.05) is 17.5 Å². The van der Waals surface area contributed by atoms with E-state index in [1.807, 2.05) is 12.1 Å². The Balaban J connectivity index is 2.56. The molecular formula is C14H16N2O4. The highest BCUT2D eigenvalue weighted by atomic mass is 16.5. The molecule has 1 aromatic carbocycles. The van der Waals surface area contributed by atoms with Crippen molar-refractivity contribution in [2.24, 2.45) is 5.73 Å². The van der Waals surface area contributed by atoms with Crippen molar-refractivity contribution in [2.45, 2.75) is 19.4 Å². The Morgan fingerprint density at radius 1 is 1.40 bits per heavy atom. The average molecular weight is 276 g/mol. The Labute approximate surface area is 115 Å². The van der Waals surface area contributed by atoms with Crippen molar-refractivity contribution in [3.63, 3.8) is 0 Å². The molecule has 0 aliphatic rings. The fourth-order valence-corrected chi connectivity index (χ4v) is 2.39. The molecule has 3 N–H and O–H groups in total. The molecule has 1 unspecified atom stereocenters. The van der Waals surface area contributed by atoms with Crippen LogP contribution >= 0.6 is 0 Å². The maximum atomic E-state index is 11.4. The number of ether oxygens (including phenoxy) is 1. The number of carbonyl (C=O) groups excluding carboxylic acids is 1. The van der Waals surface area contributed by atoms with Crippen LogP contribution in [0.5, 0.6) is 0 Å². The zero-order valence-corrected chi connectivity index (χ0v) is 11.3. The van der Waals surface area contributed by atoms with Crippen molar-refractivity contribution >= 4 is 23.0 Å². The zero-order valence-electron chi connectivity index (χ0n) is 11.3. The normalized spacial score (nSPS) is 12.3. The van der Waals surface area contributed by atoms with Crippen LogP contribution in [0.1, 0.15) is 11.3 Å². The second kappa shape index (κ2) is 5.34. The Kier molecular flexibility index (Phi) is 3.76. The van der Waals surface area contributed by atoms with Gasteiger partial charge in [-0.25, -0.2) is 9.36 Å². The number of hydrogen-bond donors (Lipinski definition) is 2. The summed E-state index contributed by atoms with van der Waals surface area (Å²) in [7, 11) is 1.27. The molecular weight excluding hydrogens is 260 g/mol. The molecule has 1 atom stereocenters. The molecule has 0 saturated carbocycles. The molecule has 20 heavy (non-hydrogen) atoms. The number of rotatable bonds is 3. The quantitative estimate of drug-likeness (QED) is 0.829. The van der Waals surface area contributed by atoms with E-state index in [4.69, 9.17) is 5.73 Å². The van der Waals surface area contributed by atoms with E-state index in [0.717, 1.165) is 10.9 Å². The van der Waals surface area contributed by atoms with Crippen LogP contribution in [0, 0.1) is 6.92 Å². The monoisotopic (exact) mass is 276 g/mol. The number of benzene rings is 1. The zero-order chi connectivity index (χ0) is 14.9. The number of carboxylic acid groups (broad SMARTS) is 1. The summed E-state index contributed by atoms with van der Waals surface area (Å²) in [5.41, 5.74) is 7.68. The fraction of sp³-hybridized carbons (Fsp3) is 0.286. The number of nitrogens with zero attached hydrogens (tertiary/aromatic N) is 1. The molecule has 1 heterocycles. The van der Waals surface area contributed by atoms with E-state index >= 15 is 0 Å². The van der Waals surface area contributed by atoms with Crippen LogP contribution in [0.25, 0.3) is 10.9 Å². The van der Waals surface area contributed by atoms with E-state index in [9.17, 15) is 14.7 Å². The molecule has 1 aromatic heterocycles. The van der Waals surface area contributed by atoms with Crippen LogP contribution in [-0.2, 0) is 16.0 Å². The summed E-state index contributed by atoms with van der Waals surface area (Å²) in [5, 5.41) is 10.1. The summed E-state index contributed by atoms with van der Waals surface area (Å²) >= 11 is 0. The van der Waals surface area contributed by atoms with E-state index in [-0.39, 0.29) is 6.42 Å². The van der Waals surface area contributed by atoms with Crippen LogP contribution in [0.4, 0.5) is 4.79 Å². The molecule has 0 radical (unpaired) electrons. The predicted octanol–water partition coefficient (Wildman–Crippen LogP) is 1.52. The van der Waals surface area contributed by atoms with Gasteiger partial charge >= 0.3 is 12.1 Å². The van der Waals surface area contributed by atoms with Crippen LogP contribution in [0.2, 0.25) is 0 Å². The second-order valence-electron chi connectivity index (χ2n) is 4.53. The van der Waals surface area contributed by atoms with Gasteiger partial charge in [-0.15, -0.1) is 0 Å². The summed E-state index contributed by atoms with van der Waals surface area (Å²) < 4.78 is 5.81. The number of hydrogen-bond acceptors (Lipinski definition) is 4. The van der Waals surface area contributed by atoms with E-state index < -0.39 is 18.1 Å². The summed E-state index contributed by atoms with van der Waals surface area (Å²) in [6, 6.07) is 6.32. The Morgan fingerprint density at radius 3 is 2.65 bits per heavy atom. The first-order valence-corrected chi connectivity index (χ1v) is 6.13. The minimum absolute atomic E-state index is 0.235. The van der Waals surface area contributed by atoms with Crippen LogP contribution in [-0.4, -0.2) is 34.9 Å². The maximum absolute atomic E-state index is 11.4. The van der Waals surface area contributed by atoms with Gasteiger partial charge in [0.1, 0.15) is 6.04 Å². The molecule has 0 fully saturated rings. The minimum atomic E-state index is -1.06. The molecule has 6 heteroatoms. The molecule has 0 saturated heterocycles. The van der Waals surface area contributed by atoms with E-state index in [1.54, 1.807) is 19.1 Å². The van der Waals surface area contributed by atoms with Crippen molar-refractivity contribution < 1.29 is 19.4 Å². The van der Waals surface area contributed by atoms with Gasteiger partial charge in [-0.05, 0) is 18.6 Å². The first-order chi connectivity index (χ1) is 9.47. The number of esters is 1. The largest absolute Gasteiger partial charge is 0.468 e. The first-order valence-electron chi connectivity index (χ1n) is 6.13. The summed E-state index contributed by atoms with van der Waals surface area (Å²) in [5.74, 6) is -0.517. The standard InChI is InChI=1S/C14H16N2O4/c1-8-10(7-11(15)13(17)20-2)9-5-3-4-6-12(9)16(8)14(18)19/h3-6,11H,7,15H2,1-2H3,(H,18,19). The topological polar surface area (TPSA) is 94.5 Å².